The quantitative estimate of drug-likeness (QED) is 0.0428. The van der Waals surface area contributed by atoms with Gasteiger partial charge in [0.25, 0.3) is 0 Å². The number of benzene rings is 3. The molecule has 0 spiro atoms. The molecule has 4 rings (SSSR count). The summed E-state index contributed by atoms with van der Waals surface area (Å²) in [6.45, 7) is 20.2. The minimum absolute atomic E-state index is 0.239. The van der Waals surface area contributed by atoms with E-state index in [0.29, 0.717) is 257 Å². The smallest absolute Gasteiger partial charge is 0.340 e. The molecule has 0 saturated heterocycles. The van der Waals surface area contributed by atoms with Gasteiger partial charge in [-0.1, -0.05) is 30.3 Å². The Labute approximate surface area is 562 Å². The molecule has 1 aliphatic heterocycles. The van der Waals surface area contributed by atoms with Crippen LogP contribution < -0.4 is 14.7 Å². The summed E-state index contributed by atoms with van der Waals surface area (Å²) in [5, 5.41) is 0. The van der Waals surface area contributed by atoms with Crippen molar-refractivity contribution in [3.8, 4) is 0 Å². The van der Waals surface area contributed by atoms with Crippen LogP contribution in [0.5, 0.6) is 0 Å². The number of carbonyl (C=O) groups is 3. The van der Waals surface area contributed by atoms with Crippen molar-refractivity contribution in [2.24, 2.45) is 0 Å². The number of esters is 3. The van der Waals surface area contributed by atoms with Crippen LogP contribution >= 0.6 is 0 Å². The summed E-state index contributed by atoms with van der Waals surface area (Å²) >= 11 is 0. The molecular weight excluding hydrogens is 1240 g/mol. The fourth-order valence-corrected chi connectivity index (χ4v) is 8.96. The van der Waals surface area contributed by atoms with E-state index in [0.717, 1.165) is 33.8 Å². The van der Waals surface area contributed by atoms with Gasteiger partial charge < -0.3 is 114 Å². The largest absolute Gasteiger partial charge is 0.463 e. The first kappa shape index (κ1) is 82.2. The van der Waals surface area contributed by atoms with E-state index in [-0.39, 0.29) is 31.1 Å². The lowest BCUT2D eigenvalue weighted by Crippen LogP contribution is -2.32. The van der Waals surface area contributed by atoms with Crippen LogP contribution in [0.3, 0.4) is 0 Å². The summed E-state index contributed by atoms with van der Waals surface area (Å²) in [6.07, 6.45) is 0. The summed E-state index contributed by atoms with van der Waals surface area (Å²) in [7, 11) is 7.90. The molecule has 0 fully saturated rings. The summed E-state index contributed by atoms with van der Waals surface area (Å²) < 4.78 is 117. The predicted octanol–water partition coefficient (Wildman–Crippen LogP) is 4.51. The van der Waals surface area contributed by atoms with E-state index in [4.69, 9.17) is 99.5 Å². The molecule has 0 aromatic heterocycles. The first-order valence-electron chi connectivity index (χ1n) is 32.9. The first-order valence-corrected chi connectivity index (χ1v) is 32.9. The Bertz CT molecular complexity index is 2300. The van der Waals surface area contributed by atoms with Gasteiger partial charge >= 0.3 is 17.9 Å². The Morgan fingerprint density at radius 2 is 0.547 bits per heavy atom. The molecule has 540 valence electrons. The van der Waals surface area contributed by atoms with Crippen LogP contribution in [0.2, 0.25) is 0 Å². The third kappa shape index (κ3) is 37.9. The van der Waals surface area contributed by atoms with Gasteiger partial charge in [-0.05, 0) is 36.4 Å². The molecule has 27 nitrogen and oxygen atoms in total. The molecular formula is C68H109N3O24. The van der Waals surface area contributed by atoms with Crippen LogP contribution in [0.4, 0.5) is 17.1 Å². The first-order chi connectivity index (χ1) is 46.5. The lowest BCUT2D eigenvalue weighted by molar-refractivity contribution is -0.143. The molecule has 0 bridgehead atoms. The highest BCUT2D eigenvalue weighted by Crippen LogP contribution is 2.48. The fraction of sp³-hybridized carbons (Fsp3) is 0.691. The average molecular weight is 1350 g/mol. The third-order valence-electron chi connectivity index (χ3n) is 13.8. The van der Waals surface area contributed by atoms with E-state index in [1.807, 2.05) is 92.6 Å². The van der Waals surface area contributed by atoms with Crippen molar-refractivity contribution in [2.75, 3.05) is 307 Å². The van der Waals surface area contributed by atoms with Gasteiger partial charge in [-0.25, -0.2) is 4.79 Å². The second kappa shape index (κ2) is 54.7. The van der Waals surface area contributed by atoms with E-state index in [1.165, 1.54) is 13.8 Å². The Morgan fingerprint density at radius 3 is 0.800 bits per heavy atom. The van der Waals surface area contributed by atoms with Crippen LogP contribution in [0.15, 0.2) is 66.7 Å². The maximum atomic E-state index is 13.8. The zero-order valence-corrected chi connectivity index (χ0v) is 57.3. The number of hydrogen-bond acceptors (Lipinski definition) is 27. The maximum absolute atomic E-state index is 13.8. The molecule has 0 N–H and O–H groups in total. The highest BCUT2D eigenvalue weighted by Gasteiger charge is 2.49. The van der Waals surface area contributed by atoms with Gasteiger partial charge in [0, 0.05) is 88.9 Å². The lowest BCUT2D eigenvalue weighted by atomic mass is 9.79. The highest BCUT2D eigenvalue weighted by molar-refractivity contribution is 5.97. The molecule has 3 aromatic rings. The Balaban J connectivity index is 1.07. The van der Waals surface area contributed by atoms with Crippen molar-refractivity contribution in [3.63, 3.8) is 0 Å². The monoisotopic (exact) mass is 1350 g/mol. The zero-order valence-electron chi connectivity index (χ0n) is 57.3. The fourth-order valence-electron chi connectivity index (χ4n) is 8.96. The average Bonchev–Trinajstić information content (AvgIpc) is 1.60. The van der Waals surface area contributed by atoms with E-state index in [2.05, 4.69) is 17.0 Å². The summed E-state index contributed by atoms with van der Waals surface area (Å²) in [5.41, 5.74) is 4.74. The van der Waals surface area contributed by atoms with Crippen molar-refractivity contribution >= 4 is 35.0 Å². The van der Waals surface area contributed by atoms with Crippen molar-refractivity contribution in [1.82, 2.24) is 0 Å². The molecule has 0 aliphatic carbocycles. The van der Waals surface area contributed by atoms with Gasteiger partial charge in [-0.15, -0.1) is 0 Å². The molecule has 27 heteroatoms. The molecule has 0 amide bonds. The molecule has 0 saturated carbocycles. The van der Waals surface area contributed by atoms with Crippen LogP contribution in [-0.4, -0.2) is 310 Å². The Hall–Kier alpha value is -5.25. The maximum Gasteiger partial charge on any atom is 0.340 e. The summed E-state index contributed by atoms with van der Waals surface area (Å²) in [5.74, 6) is -1.02. The number of hydrogen-bond donors (Lipinski definition) is 0. The van der Waals surface area contributed by atoms with Gasteiger partial charge in [0.05, 0.1) is 243 Å². The standard InChI is InChI=1S/C68H109N3O24/c1-58(72)93-55-53-91-51-49-89-47-45-87-43-41-85-39-37-83-35-33-81-31-29-79-27-25-77-23-21-75-19-17-71(63-13-9-61(10-14-63)68(60-7-11-62(12-8-60)69(3)4)66-16-15-64(70(5)6)57-65(66)67(74)95-68)18-20-76-22-24-78-26-28-80-30-32-82-34-36-84-38-40-86-42-44-88-46-48-90-50-52-92-54-56-94-59(2)73/h7-16,57H,17-56H2,1-6H3. The molecule has 1 unspecified atom stereocenters. The van der Waals surface area contributed by atoms with E-state index >= 15 is 0 Å². The van der Waals surface area contributed by atoms with Crippen molar-refractivity contribution < 1.29 is 114 Å². The van der Waals surface area contributed by atoms with Crippen LogP contribution in [0.1, 0.15) is 40.9 Å². The number of rotatable bonds is 65. The van der Waals surface area contributed by atoms with E-state index in [1.54, 1.807) is 0 Å². The molecule has 1 atom stereocenters. The van der Waals surface area contributed by atoms with Crippen LogP contribution in [0, 0.1) is 0 Å². The topological polar surface area (TPSA) is 255 Å². The van der Waals surface area contributed by atoms with Crippen molar-refractivity contribution in [3.05, 3.63) is 89.0 Å². The van der Waals surface area contributed by atoms with Crippen molar-refractivity contribution in [1.29, 1.82) is 0 Å². The van der Waals surface area contributed by atoms with Crippen molar-refractivity contribution in [2.45, 2.75) is 19.4 Å². The number of anilines is 3. The van der Waals surface area contributed by atoms with E-state index < -0.39 is 5.60 Å². The molecule has 95 heavy (non-hydrogen) atoms. The lowest BCUT2D eigenvalue weighted by Gasteiger charge is -2.32. The molecule has 1 heterocycles. The van der Waals surface area contributed by atoms with Crippen LogP contribution in [-0.2, 0) is 115 Å². The van der Waals surface area contributed by atoms with Gasteiger partial charge in [0.1, 0.15) is 13.2 Å². The van der Waals surface area contributed by atoms with Gasteiger partial charge in [-0.2, -0.15) is 0 Å². The number of nitrogens with zero attached hydrogens (tertiary/aromatic N) is 3. The van der Waals surface area contributed by atoms with Gasteiger partial charge in [0.15, 0.2) is 5.60 Å². The molecule has 0 radical (unpaired) electrons. The third-order valence-corrected chi connectivity index (χ3v) is 13.8. The molecule has 1 aliphatic rings. The summed E-state index contributed by atoms with van der Waals surface area (Å²) in [4.78, 5) is 41.4. The normalized spacial score (nSPS) is 13.5. The summed E-state index contributed by atoms with van der Waals surface area (Å²) in [6, 6.07) is 22.3. The van der Waals surface area contributed by atoms with Gasteiger partial charge in [0.2, 0.25) is 0 Å². The van der Waals surface area contributed by atoms with E-state index in [9.17, 15) is 14.4 Å². The Morgan fingerprint density at radius 1 is 0.316 bits per heavy atom. The number of ether oxygens (including phenoxy) is 21. The SMILES string of the molecule is CC(=O)OCCOCCOCCOCCOCCOCCOCCOCCOCCOCCN(CCOCCOCCOCCOCCOCCOCCOCCOCCOCCOC(C)=O)c1ccc(C2(c3ccc(N(C)C)cc3)OC(=O)c3cc(N(C)C)ccc32)cc1. The second-order valence-corrected chi connectivity index (χ2v) is 21.4. The highest BCUT2D eigenvalue weighted by atomic mass is 16.6. The number of fused-ring (bicyclic) bond motifs is 1. The predicted molar refractivity (Wildman–Crippen MR) is 353 cm³/mol. The zero-order chi connectivity index (χ0) is 67.9. The van der Waals surface area contributed by atoms with Gasteiger partial charge in [-0.3, -0.25) is 9.59 Å². The minimum Gasteiger partial charge on any atom is -0.463 e. The number of carbonyl (C=O) groups excluding carboxylic acids is 3. The second-order valence-electron chi connectivity index (χ2n) is 21.4. The molecule has 3 aromatic carbocycles. The number of cyclic esters (lactones) is 1. The minimum atomic E-state index is -1.16. The Kier molecular flexibility index (Phi) is 47.3. The van der Waals surface area contributed by atoms with Crippen LogP contribution in [0.25, 0.3) is 0 Å².